The number of rotatable bonds is 6. The number of nitrogens with one attached hydrogen (secondary N) is 1. The molecule has 1 aromatic heterocycles. The fourth-order valence-corrected chi connectivity index (χ4v) is 3.60. The van der Waals surface area contributed by atoms with E-state index >= 15 is 0 Å². The van der Waals surface area contributed by atoms with E-state index in [1.807, 2.05) is 36.4 Å². The Kier molecular flexibility index (Phi) is 5.68. The van der Waals surface area contributed by atoms with Crippen LogP contribution in [0.25, 0.3) is 0 Å². The molecule has 0 unspecified atom stereocenters. The van der Waals surface area contributed by atoms with E-state index in [0.29, 0.717) is 11.7 Å². The van der Waals surface area contributed by atoms with Gasteiger partial charge in [0.05, 0.1) is 11.8 Å². The van der Waals surface area contributed by atoms with E-state index in [4.69, 9.17) is 0 Å². The molecule has 0 fully saturated rings. The molecule has 2 aromatic rings. The van der Waals surface area contributed by atoms with Gasteiger partial charge in [-0.2, -0.15) is 0 Å². The fourth-order valence-electron chi connectivity index (χ4n) is 1.92. The summed E-state index contributed by atoms with van der Waals surface area (Å²) in [7, 11) is 0. The summed E-state index contributed by atoms with van der Waals surface area (Å²) in [5.41, 5.74) is 0. The molecule has 0 aliphatic heterocycles. The van der Waals surface area contributed by atoms with Gasteiger partial charge in [-0.05, 0) is 29.5 Å². The van der Waals surface area contributed by atoms with Crippen molar-refractivity contribution in [3.8, 4) is 0 Å². The molecule has 1 amide bonds. The van der Waals surface area contributed by atoms with Crippen molar-refractivity contribution in [2.24, 2.45) is 5.92 Å². The maximum Gasteiger partial charge on any atom is 0.230 e. The Morgan fingerprint density at radius 3 is 2.55 bits per heavy atom. The highest BCUT2D eigenvalue weighted by atomic mass is 32.2. The van der Waals surface area contributed by atoms with Crippen LogP contribution in [-0.4, -0.2) is 11.7 Å². The van der Waals surface area contributed by atoms with Crippen molar-refractivity contribution in [1.82, 2.24) is 5.32 Å². The molecule has 0 radical (unpaired) electrons. The topological polar surface area (TPSA) is 29.1 Å². The zero-order valence-electron chi connectivity index (χ0n) is 11.7. The number of hydrogen-bond acceptors (Lipinski definition) is 3. The monoisotopic (exact) mass is 305 g/mol. The first-order valence-corrected chi connectivity index (χ1v) is 8.54. The van der Waals surface area contributed by atoms with Crippen LogP contribution in [0.1, 0.15) is 24.8 Å². The Hall–Kier alpha value is -1.26. The summed E-state index contributed by atoms with van der Waals surface area (Å²) in [6.07, 6.45) is 0. The van der Waals surface area contributed by atoms with Crippen molar-refractivity contribution in [3.05, 3.63) is 52.7 Å². The Bertz CT molecular complexity index is 523. The summed E-state index contributed by atoms with van der Waals surface area (Å²) >= 11 is 3.27. The van der Waals surface area contributed by atoms with Crippen molar-refractivity contribution in [2.45, 2.75) is 24.8 Å². The second-order valence-electron chi connectivity index (χ2n) is 4.91. The van der Waals surface area contributed by atoms with Crippen LogP contribution >= 0.6 is 23.1 Å². The highest BCUT2D eigenvalue weighted by Gasteiger charge is 2.19. The third kappa shape index (κ3) is 4.39. The first-order valence-electron chi connectivity index (χ1n) is 6.67. The molecule has 0 saturated heterocycles. The van der Waals surface area contributed by atoms with Crippen LogP contribution in [0, 0.1) is 5.92 Å². The summed E-state index contributed by atoms with van der Waals surface area (Å²) in [6.45, 7) is 4.27. The van der Waals surface area contributed by atoms with Gasteiger partial charge in [-0.1, -0.05) is 38.1 Å². The second kappa shape index (κ2) is 7.50. The lowest BCUT2D eigenvalue weighted by atomic mass is 10.0. The molecule has 1 aromatic carbocycles. The smallest absolute Gasteiger partial charge is 0.230 e. The molecule has 0 spiro atoms. The molecule has 0 aliphatic rings. The first-order chi connectivity index (χ1) is 9.66. The van der Waals surface area contributed by atoms with Crippen LogP contribution in [0.2, 0.25) is 0 Å². The number of benzene rings is 1. The summed E-state index contributed by atoms with van der Waals surface area (Å²) in [5, 5.41) is 5.19. The van der Waals surface area contributed by atoms with E-state index in [2.05, 4.69) is 30.6 Å². The molecule has 0 aliphatic carbocycles. The molecule has 20 heavy (non-hydrogen) atoms. The largest absolute Gasteiger partial charge is 0.347 e. The highest BCUT2D eigenvalue weighted by molar-refractivity contribution is 8.00. The van der Waals surface area contributed by atoms with Crippen LogP contribution in [0.4, 0.5) is 0 Å². The fraction of sp³-hybridized carbons (Fsp3) is 0.312. The zero-order valence-corrected chi connectivity index (χ0v) is 13.3. The van der Waals surface area contributed by atoms with E-state index in [1.54, 1.807) is 23.1 Å². The predicted octanol–water partition coefficient (Wildman–Crippen LogP) is 4.35. The minimum absolute atomic E-state index is 0.0888. The molecule has 1 N–H and O–H groups in total. The van der Waals surface area contributed by atoms with Crippen LogP contribution in [0.3, 0.4) is 0 Å². The Morgan fingerprint density at radius 2 is 1.95 bits per heavy atom. The van der Waals surface area contributed by atoms with Gasteiger partial charge in [-0.3, -0.25) is 4.79 Å². The lowest BCUT2D eigenvalue weighted by Gasteiger charge is -2.21. The van der Waals surface area contributed by atoms with E-state index in [0.717, 1.165) is 4.90 Å². The van der Waals surface area contributed by atoms with Crippen LogP contribution in [0.5, 0.6) is 0 Å². The van der Waals surface area contributed by atoms with E-state index in [9.17, 15) is 4.79 Å². The number of carbonyl (C=O) groups excluding carboxylic acids is 1. The Morgan fingerprint density at radius 1 is 1.20 bits per heavy atom. The van der Waals surface area contributed by atoms with Gasteiger partial charge in [-0.25, -0.2) is 0 Å². The van der Waals surface area contributed by atoms with Crippen LogP contribution in [0.15, 0.2) is 52.7 Å². The molecule has 2 nitrogen and oxygen atoms in total. The van der Waals surface area contributed by atoms with Gasteiger partial charge in [-0.15, -0.1) is 23.1 Å². The average Bonchev–Trinajstić information content (AvgIpc) is 2.97. The number of thioether (sulfide) groups is 1. The number of thiophene rings is 1. The van der Waals surface area contributed by atoms with Gasteiger partial charge in [0.25, 0.3) is 0 Å². The van der Waals surface area contributed by atoms with Crippen molar-refractivity contribution in [3.63, 3.8) is 0 Å². The van der Waals surface area contributed by atoms with Gasteiger partial charge >= 0.3 is 0 Å². The Balaban J connectivity index is 1.89. The summed E-state index contributed by atoms with van der Waals surface area (Å²) in [5.74, 6) is 0.934. The molecule has 1 atom stereocenters. The number of carbonyl (C=O) groups is 1. The lowest BCUT2D eigenvalue weighted by molar-refractivity contribution is -0.119. The predicted molar refractivity (Wildman–Crippen MR) is 87.2 cm³/mol. The molecular formula is C16H19NOS2. The van der Waals surface area contributed by atoms with Gasteiger partial charge in [0.1, 0.15) is 0 Å². The average molecular weight is 305 g/mol. The first kappa shape index (κ1) is 15.1. The quantitative estimate of drug-likeness (QED) is 0.804. The number of hydrogen-bond donors (Lipinski definition) is 1. The zero-order chi connectivity index (χ0) is 14.4. The summed E-state index contributed by atoms with van der Waals surface area (Å²) < 4.78 is 0. The summed E-state index contributed by atoms with van der Waals surface area (Å²) in [4.78, 5) is 14.4. The minimum atomic E-state index is 0.0888. The van der Waals surface area contributed by atoms with Gasteiger partial charge in [0, 0.05) is 9.77 Å². The molecule has 2 rings (SSSR count). The van der Waals surface area contributed by atoms with Crippen LogP contribution in [-0.2, 0) is 4.79 Å². The normalized spacial score (nSPS) is 12.3. The van der Waals surface area contributed by atoms with E-state index in [1.165, 1.54) is 4.88 Å². The standard InChI is InChI=1S/C16H19NOS2/c1-12(2)16(14-9-6-10-19-14)17-15(18)11-20-13-7-4-3-5-8-13/h3-10,12,16H,11H2,1-2H3,(H,17,18)/t16-/m0/s1. The van der Waals surface area contributed by atoms with E-state index in [-0.39, 0.29) is 11.9 Å². The maximum atomic E-state index is 12.1. The third-order valence-corrected chi connectivity index (χ3v) is 4.91. The SMILES string of the molecule is CC(C)[C@H](NC(=O)CSc1ccccc1)c1cccs1. The third-order valence-electron chi connectivity index (χ3n) is 2.95. The summed E-state index contributed by atoms with van der Waals surface area (Å²) in [6, 6.07) is 14.2. The maximum absolute atomic E-state index is 12.1. The van der Waals surface area contributed by atoms with Gasteiger partial charge in [0.15, 0.2) is 0 Å². The molecule has 4 heteroatoms. The lowest BCUT2D eigenvalue weighted by Crippen LogP contribution is -2.32. The minimum Gasteiger partial charge on any atom is -0.347 e. The van der Waals surface area contributed by atoms with Gasteiger partial charge < -0.3 is 5.32 Å². The molecule has 106 valence electrons. The molecule has 1 heterocycles. The molecule has 0 bridgehead atoms. The van der Waals surface area contributed by atoms with Crippen molar-refractivity contribution in [1.29, 1.82) is 0 Å². The molecular weight excluding hydrogens is 286 g/mol. The van der Waals surface area contributed by atoms with Crippen molar-refractivity contribution in [2.75, 3.05) is 5.75 Å². The van der Waals surface area contributed by atoms with Crippen LogP contribution < -0.4 is 5.32 Å². The molecule has 0 saturated carbocycles. The number of amides is 1. The van der Waals surface area contributed by atoms with E-state index < -0.39 is 0 Å². The Labute approximate surface area is 128 Å². The van der Waals surface area contributed by atoms with Crippen molar-refractivity contribution < 1.29 is 4.79 Å². The van der Waals surface area contributed by atoms with Crippen molar-refractivity contribution >= 4 is 29.0 Å². The van der Waals surface area contributed by atoms with Gasteiger partial charge in [0.2, 0.25) is 5.91 Å². The second-order valence-corrected chi connectivity index (χ2v) is 6.93. The highest BCUT2D eigenvalue weighted by Crippen LogP contribution is 2.26.